The number of aliphatic hydroxyl groups is 3. The number of nitrogens with zero attached hydrogens (tertiary/aromatic N) is 6. The number of hydrogen-bond donors (Lipinski definition) is 9. The number of benzene rings is 6. The van der Waals surface area contributed by atoms with E-state index in [9.17, 15) is 95.7 Å². The van der Waals surface area contributed by atoms with Gasteiger partial charge < -0.3 is 63.2 Å². The lowest BCUT2D eigenvalue weighted by atomic mass is 10.0. The van der Waals surface area contributed by atoms with Crippen LogP contribution in [0, 0.1) is 34.9 Å². The molecule has 6 aromatic carbocycles. The predicted octanol–water partition coefficient (Wildman–Crippen LogP) is 13.7. The number of aryl methyl sites for hydroxylation is 3. The Morgan fingerprint density at radius 3 is 0.887 bits per heavy atom. The lowest BCUT2D eigenvalue weighted by Gasteiger charge is -2.32. The van der Waals surface area contributed by atoms with Gasteiger partial charge in [0.1, 0.15) is 58.2 Å². The molecule has 37 heteroatoms. The monoisotopic (exact) mass is 2050 g/mol. The van der Waals surface area contributed by atoms with Gasteiger partial charge in [0.2, 0.25) is 17.7 Å². The molecule has 9 rings (SSSR count). The van der Waals surface area contributed by atoms with Crippen molar-refractivity contribution in [2.75, 3.05) is 36.9 Å². The maximum Gasteiger partial charge on any atom is 0.253 e. The molecular formula is C105H137ClF6N12O15S3. The molecule has 0 fully saturated rings. The molecule has 142 heavy (non-hydrogen) atoms. The average molecular weight is 2050 g/mol. The van der Waals surface area contributed by atoms with E-state index in [1.807, 2.05) is 117 Å². The summed E-state index contributed by atoms with van der Waals surface area (Å²) in [5, 5.41) is 39.5. The number of halogens is 7. The lowest BCUT2D eigenvalue weighted by Crippen LogP contribution is -2.55. The number of carbonyl (C=O) groups excluding carboxylic acids is 6. The van der Waals surface area contributed by atoms with Crippen LogP contribution in [-0.2, 0) is 102 Å². The van der Waals surface area contributed by atoms with E-state index in [-0.39, 0.29) is 97.1 Å². The van der Waals surface area contributed by atoms with E-state index in [2.05, 4.69) is 30.9 Å². The van der Waals surface area contributed by atoms with Crippen LogP contribution >= 0.6 is 11.6 Å². The number of hydrogen-bond acceptors (Lipinski definition) is 21. The van der Waals surface area contributed by atoms with Crippen LogP contribution in [-0.4, -0.2) is 213 Å². The number of nitrogens with two attached hydrogens (primary N) is 3. The molecule has 9 atom stereocenters. The Morgan fingerprint density at radius 1 is 0.345 bits per heavy atom. The van der Waals surface area contributed by atoms with Crippen LogP contribution in [0.4, 0.5) is 26.3 Å². The maximum absolute atomic E-state index is 14.4. The van der Waals surface area contributed by atoms with Crippen molar-refractivity contribution >= 4 is 76.6 Å². The number of aliphatic hydroxyl groups excluding tert-OH is 3. The van der Waals surface area contributed by atoms with Crippen molar-refractivity contribution < 1.29 is 95.7 Å². The third-order valence-electron chi connectivity index (χ3n) is 24.2. The first-order valence-electron chi connectivity index (χ1n) is 48.2. The first-order chi connectivity index (χ1) is 67.5. The van der Waals surface area contributed by atoms with Gasteiger partial charge >= 0.3 is 0 Å². The van der Waals surface area contributed by atoms with Gasteiger partial charge in [-0.1, -0.05) is 185 Å². The van der Waals surface area contributed by atoms with Gasteiger partial charge in [0.25, 0.3) is 17.7 Å². The standard InChI is InChI=1S/C35H45ClF2N4O5S.2C35H46F2N4O5S/c1-4-8-29(9-5-2)48(46,47)22-31(41-34(44)26-12-13-33(36)40-19-26)35(45)42(20-24-11-7-10-23(6-3)14-24)21-32(43)30(39)17-25-15-27(37)18-28(38)16-25;1-4-9-30(10-5-2)47(45,46)23-32(40-34(43)27-13-8-14-39-20-27)35(44)41(21-25-12-7-11-24(6-3)15-25)22-33(42)31(38)18-26-16-28(36)19-29(37)17-26;1-4-8-30(9-5-2)47(45,46)23-32(40-34(43)27-12-14-39-15-13-27)35(44)41(21-25-11-7-10-24(6-3)16-25)22-33(42)31(38)19-26-17-28(36)20-29(37)18-26/h7,10-16,18-19,29-32,43H,4-6,8-9,17,20-22,39H2,1-3H3,(H,41,44);7-8,11-17,19-20,30-33,42H,4-6,9-10,18,21-23,38H2,1-3H3,(H,40,43);7,10-18,20,30-33,42H,4-6,8-9,19,21-23,38H2,1-3H3,(H,40,43)/t30-,31?,32+;2*31-,32?,33+/m000/s1. The summed E-state index contributed by atoms with van der Waals surface area (Å²) in [5.74, 6) is -10.9. The van der Waals surface area contributed by atoms with Crippen LogP contribution in [0.3, 0.4) is 0 Å². The lowest BCUT2D eigenvalue weighted by molar-refractivity contribution is -0.135. The largest absolute Gasteiger partial charge is 0.390 e. The van der Waals surface area contributed by atoms with Crippen molar-refractivity contribution in [3.63, 3.8) is 0 Å². The summed E-state index contributed by atoms with van der Waals surface area (Å²) in [6.07, 6.45) is 10.9. The second kappa shape index (κ2) is 58.7. The number of pyridine rings is 3. The minimum atomic E-state index is -3.89. The molecule has 3 unspecified atom stereocenters. The molecule has 9 aromatic rings. The first kappa shape index (κ1) is 118. The van der Waals surface area contributed by atoms with Gasteiger partial charge in [0.05, 0.1) is 62.4 Å². The average Bonchev–Trinajstić information content (AvgIpc) is 0.819. The zero-order valence-corrected chi connectivity index (χ0v) is 85.2. The molecule has 3 heterocycles. The topological polar surface area (TPSA) is 428 Å². The van der Waals surface area contributed by atoms with E-state index >= 15 is 0 Å². The van der Waals surface area contributed by atoms with Gasteiger partial charge in [0.15, 0.2) is 29.5 Å². The fourth-order valence-electron chi connectivity index (χ4n) is 16.7. The minimum Gasteiger partial charge on any atom is -0.390 e. The summed E-state index contributed by atoms with van der Waals surface area (Å²) < 4.78 is 165. The van der Waals surface area contributed by atoms with Crippen LogP contribution in [0.5, 0.6) is 0 Å². The summed E-state index contributed by atoms with van der Waals surface area (Å²) in [6, 6.07) is 32.5. The number of nitrogens with one attached hydrogen (secondary N) is 3. The Hall–Kier alpha value is -10.9. The van der Waals surface area contributed by atoms with Crippen molar-refractivity contribution in [3.05, 3.63) is 302 Å². The Bertz CT molecular complexity index is 5590. The van der Waals surface area contributed by atoms with Gasteiger partial charge in [-0.2, -0.15) is 0 Å². The third kappa shape index (κ3) is 38.6. The fourth-order valence-corrected chi connectivity index (χ4v) is 23.2. The number of amides is 6. The van der Waals surface area contributed by atoms with Gasteiger partial charge in [-0.05, 0) is 200 Å². The SMILES string of the molecule is CCCC(CCC)S(=O)(=O)CC(NC(=O)c1ccc(Cl)nc1)C(=O)N(Cc1cccc(CC)c1)C[C@@H](O)[C@@H](N)Cc1cc(F)cc(F)c1.CCCC(CCC)S(=O)(=O)CC(NC(=O)c1cccnc1)C(=O)N(Cc1cccc(CC)c1)C[C@@H](O)[C@@H](N)Cc1cc(F)cc(F)c1.CCCC(CCC)S(=O)(=O)CC(NC(=O)c1ccncc1)C(=O)N(Cc1cccc(CC)c1)C[C@@H](O)[C@@H](N)Cc1cc(F)cc(F)c1. The van der Waals surface area contributed by atoms with Gasteiger partial charge in [-0.3, -0.25) is 38.7 Å². The van der Waals surface area contributed by atoms with Crippen LogP contribution in [0.15, 0.2) is 195 Å². The van der Waals surface area contributed by atoms with Crippen LogP contribution in [0.1, 0.15) is 221 Å². The van der Waals surface area contributed by atoms with Crippen molar-refractivity contribution in [2.45, 2.75) is 268 Å². The Morgan fingerprint density at radius 2 is 0.627 bits per heavy atom. The Labute approximate surface area is 836 Å². The number of carbonyl (C=O) groups is 6. The molecule has 3 aromatic heterocycles. The summed E-state index contributed by atoms with van der Waals surface area (Å²) in [4.78, 5) is 98.7. The Kier molecular flexibility index (Phi) is 48.8. The highest BCUT2D eigenvalue weighted by molar-refractivity contribution is 7.92. The number of aromatic nitrogens is 3. The molecule has 0 bridgehead atoms. The normalized spacial score (nSPS) is 13.6. The summed E-state index contributed by atoms with van der Waals surface area (Å²) in [5.41, 5.74) is 25.1. The molecule has 774 valence electrons. The molecule has 12 N–H and O–H groups in total. The smallest absolute Gasteiger partial charge is 0.253 e. The molecule has 0 radical (unpaired) electrons. The van der Waals surface area contributed by atoms with E-state index in [0.29, 0.717) is 82.6 Å². The van der Waals surface area contributed by atoms with E-state index in [4.69, 9.17) is 28.8 Å². The number of sulfone groups is 3. The second-order valence-corrected chi connectivity index (χ2v) is 43.2. The molecule has 0 spiro atoms. The van der Waals surface area contributed by atoms with Crippen molar-refractivity contribution in [2.24, 2.45) is 17.2 Å². The molecule has 0 aliphatic carbocycles. The molecule has 0 aliphatic heterocycles. The molecular weight excluding hydrogens is 1910 g/mol. The fraction of sp³-hybridized carbons (Fsp3) is 0.457. The quantitative estimate of drug-likeness (QED) is 0.0126. The van der Waals surface area contributed by atoms with Gasteiger partial charge in [0, 0.05) is 112 Å². The van der Waals surface area contributed by atoms with E-state index in [1.165, 1.54) is 76.0 Å². The molecule has 27 nitrogen and oxygen atoms in total. The van der Waals surface area contributed by atoms with E-state index < -0.39 is 187 Å². The molecule has 0 saturated carbocycles. The van der Waals surface area contributed by atoms with Crippen LogP contribution in [0.2, 0.25) is 5.15 Å². The zero-order chi connectivity index (χ0) is 105. The van der Waals surface area contributed by atoms with Gasteiger partial charge in [-0.15, -0.1) is 0 Å². The minimum absolute atomic E-state index is 0.0138. The van der Waals surface area contributed by atoms with E-state index in [0.717, 1.165) is 102 Å². The van der Waals surface area contributed by atoms with Crippen molar-refractivity contribution in [1.82, 2.24) is 45.6 Å². The maximum atomic E-state index is 14.4. The second-order valence-electron chi connectivity index (χ2n) is 35.8. The van der Waals surface area contributed by atoms with Crippen LogP contribution in [0.25, 0.3) is 0 Å². The highest BCUT2D eigenvalue weighted by atomic mass is 35.5. The predicted molar refractivity (Wildman–Crippen MR) is 539 cm³/mol. The number of rotatable bonds is 54. The van der Waals surface area contributed by atoms with Crippen molar-refractivity contribution in [1.29, 1.82) is 0 Å². The van der Waals surface area contributed by atoms with Crippen molar-refractivity contribution in [3.8, 4) is 0 Å². The molecule has 0 saturated heterocycles. The highest BCUT2D eigenvalue weighted by Gasteiger charge is 2.41. The Balaban J connectivity index is 0.000000289. The van der Waals surface area contributed by atoms with Crippen LogP contribution < -0.4 is 33.2 Å². The third-order valence-corrected chi connectivity index (χ3v) is 31.3. The van der Waals surface area contributed by atoms with E-state index in [1.54, 1.807) is 24.3 Å². The first-order valence-corrected chi connectivity index (χ1v) is 53.8. The molecule has 6 amide bonds. The zero-order valence-electron chi connectivity index (χ0n) is 82.0. The molecule has 0 aliphatic rings. The highest BCUT2D eigenvalue weighted by Crippen LogP contribution is 2.27. The van der Waals surface area contributed by atoms with Gasteiger partial charge in [-0.25, -0.2) is 56.6 Å². The summed E-state index contributed by atoms with van der Waals surface area (Å²) >= 11 is 5.88. The summed E-state index contributed by atoms with van der Waals surface area (Å²) in [6.45, 7) is 16.2. The summed E-state index contributed by atoms with van der Waals surface area (Å²) in [7, 11) is -11.6.